The zero-order chi connectivity index (χ0) is 12.6. The van der Waals surface area contributed by atoms with Crippen LogP contribution in [-0.2, 0) is 9.53 Å². The van der Waals surface area contributed by atoms with Crippen molar-refractivity contribution in [2.45, 2.75) is 46.3 Å². The number of hydrogen-bond acceptors (Lipinski definition) is 5. The minimum Gasteiger partial charge on any atom is -0.460 e. The molecule has 0 N–H and O–H groups in total. The van der Waals surface area contributed by atoms with Gasteiger partial charge in [-0.2, -0.15) is 0 Å². The fourth-order valence-electron chi connectivity index (χ4n) is 2.17. The molecule has 1 aliphatic rings. The van der Waals surface area contributed by atoms with Crippen LogP contribution in [0.5, 0.6) is 5.95 Å². The topological polar surface area (TPSA) is 61.6 Å². The fraction of sp³-hybridized carbons (Fsp3) is 0.667. The summed E-state index contributed by atoms with van der Waals surface area (Å²) < 4.78 is 16.4. The summed E-state index contributed by atoms with van der Waals surface area (Å²) in [7, 11) is 0. The van der Waals surface area contributed by atoms with Crippen LogP contribution in [0.4, 0.5) is 0 Å². The molecule has 0 saturated carbocycles. The first kappa shape index (κ1) is 12.0. The van der Waals surface area contributed by atoms with Crippen LogP contribution in [0.1, 0.15) is 44.9 Å². The van der Waals surface area contributed by atoms with Crippen molar-refractivity contribution in [2.24, 2.45) is 5.92 Å². The van der Waals surface area contributed by atoms with Crippen molar-refractivity contribution in [3.05, 3.63) is 11.6 Å². The van der Waals surface area contributed by atoms with Gasteiger partial charge < -0.3 is 13.9 Å². The highest BCUT2D eigenvalue weighted by Crippen LogP contribution is 2.41. The summed E-state index contributed by atoms with van der Waals surface area (Å²) in [4.78, 5) is 15.4. The lowest BCUT2D eigenvalue weighted by Gasteiger charge is -2.33. The first-order valence-corrected chi connectivity index (χ1v) is 5.84. The van der Waals surface area contributed by atoms with Gasteiger partial charge in [0.05, 0.1) is 0 Å². The zero-order valence-electron chi connectivity index (χ0n) is 10.5. The Balaban J connectivity index is 2.36. The molecule has 1 aliphatic heterocycles. The van der Waals surface area contributed by atoms with E-state index in [4.69, 9.17) is 13.9 Å². The van der Waals surface area contributed by atoms with Crippen molar-refractivity contribution < 1.29 is 18.7 Å². The van der Waals surface area contributed by atoms with E-state index in [1.54, 1.807) is 6.92 Å². The molecule has 0 aromatic carbocycles. The molecule has 5 nitrogen and oxygen atoms in total. The number of carbonyl (C=O) groups is 1. The standard InChI is InChI=1S/C12H17NO4/c1-5-9-6(2)11(16-8(4)14)10-12(17-9)15-7(3)13-10/h6,9,11H,5H2,1-4H3/t6-,9?,11?/m0/s1. The van der Waals surface area contributed by atoms with Gasteiger partial charge in [0.15, 0.2) is 17.7 Å². The maximum Gasteiger partial charge on any atom is 0.312 e. The molecule has 1 aromatic heterocycles. The molecule has 0 fully saturated rings. The van der Waals surface area contributed by atoms with E-state index in [9.17, 15) is 4.79 Å². The smallest absolute Gasteiger partial charge is 0.312 e. The number of carbonyl (C=O) groups excluding carboxylic acids is 1. The van der Waals surface area contributed by atoms with Gasteiger partial charge in [0, 0.05) is 19.8 Å². The van der Waals surface area contributed by atoms with E-state index >= 15 is 0 Å². The molecule has 0 bridgehead atoms. The average molecular weight is 239 g/mol. The third-order valence-electron chi connectivity index (χ3n) is 3.01. The normalized spacial score (nSPS) is 27.2. The number of aryl methyl sites for hydroxylation is 1. The van der Waals surface area contributed by atoms with Crippen molar-refractivity contribution in [2.75, 3.05) is 0 Å². The number of rotatable bonds is 2. The fourth-order valence-corrected chi connectivity index (χ4v) is 2.17. The van der Waals surface area contributed by atoms with E-state index < -0.39 is 0 Å². The second kappa shape index (κ2) is 4.39. The van der Waals surface area contributed by atoms with Crippen LogP contribution in [0.15, 0.2) is 4.42 Å². The summed E-state index contributed by atoms with van der Waals surface area (Å²) in [5.41, 5.74) is 0.593. The highest BCUT2D eigenvalue weighted by atomic mass is 16.6. The molecule has 17 heavy (non-hydrogen) atoms. The average Bonchev–Trinajstić information content (AvgIpc) is 2.62. The van der Waals surface area contributed by atoms with E-state index in [1.807, 2.05) is 13.8 Å². The van der Waals surface area contributed by atoms with E-state index in [-0.39, 0.29) is 24.1 Å². The molecule has 0 saturated heterocycles. The highest BCUT2D eigenvalue weighted by Gasteiger charge is 2.40. The number of ether oxygens (including phenoxy) is 2. The molecule has 0 amide bonds. The Labute approximate surface area is 100 Å². The molecule has 94 valence electrons. The van der Waals surface area contributed by atoms with Crippen LogP contribution < -0.4 is 4.74 Å². The summed E-state index contributed by atoms with van der Waals surface area (Å²) in [6, 6.07) is 0. The van der Waals surface area contributed by atoms with Gasteiger partial charge in [0.25, 0.3) is 0 Å². The first-order chi connectivity index (χ1) is 8.02. The van der Waals surface area contributed by atoms with Gasteiger partial charge in [0.1, 0.15) is 6.10 Å². The largest absolute Gasteiger partial charge is 0.460 e. The molecular formula is C12H17NO4. The molecule has 5 heteroatoms. The van der Waals surface area contributed by atoms with Crippen molar-refractivity contribution in [1.29, 1.82) is 0 Å². The van der Waals surface area contributed by atoms with E-state index in [0.29, 0.717) is 17.5 Å². The first-order valence-electron chi connectivity index (χ1n) is 5.84. The molecule has 0 radical (unpaired) electrons. The monoisotopic (exact) mass is 239 g/mol. The van der Waals surface area contributed by atoms with Gasteiger partial charge in [-0.25, -0.2) is 4.98 Å². The maximum absolute atomic E-state index is 11.1. The van der Waals surface area contributed by atoms with E-state index in [2.05, 4.69) is 4.98 Å². The number of aromatic nitrogens is 1. The van der Waals surface area contributed by atoms with Crippen LogP contribution in [0.25, 0.3) is 0 Å². The second-order valence-electron chi connectivity index (χ2n) is 4.36. The molecule has 2 unspecified atom stereocenters. The number of nitrogens with zero attached hydrogens (tertiary/aromatic N) is 1. The summed E-state index contributed by atoms with van der Waals surface area (Å²) in [6.07, 6.45) is 0.441. The van der Waals surface area contributed by atoms with Gasteiger partial charge in [-0.3, -0.25) is 4.79 Å². The van der Waals surface area contributed by atoms with Crippen LogP contribution in [0.2, 0.25) is 0 Å². The van der Waals surface area contributed by atoms with Crippen LogP contribution in [0.3, 0.4) is 0 Å². The van der Waals surface area contributed by atoms with Crippen LogP contribution >= 0.6 is 0 Å². The lowest BCUT2D eigenvalue weighted by molar-refractivity contribution is -0.153. The summed E-state index contributed by atoms with van der Waals surface area (Å²) >= 11 is 0. The van der Waals surface area contributed by atoms with Gasteiger partial charge in [-0.05, 0) is 6.42 Å². The molecule has 2 rings (SSSR count). The number of oxazole rings is 1. The van der Waals surface area contributed by atoms with Gasteiger partial charge in [-0.15, -0.1) is 0 Å². The SMILES string of the molecule is CCC1Oc2oc(C)nc2C(OC(C)=O)[C@H]1C. The number of hydrogen-bond donors (Lipinski definition) is 0. The molecule has 0 aliphatic carbocycles. The zero-order valence-corrected chi connectivity index (χ0v) is 10.5. The predicted octanol–water partition coefficient (Wildman–Crippen LogP) is 2.39. The Hall–Kier alpha value is -1.52. The molecule has 0 spiro atoms. The highest BCUT2D eigenvalue weighted by molar-refractivity contribution is 5.66. The third-order valence-corrected chi connectivity index (χ3v) is 3.01. The van der Waals surface area contributed by atoms with Crippen molar-refractivity contribution in [3.8, 4) is 5.95 Å². The van der Waals surface area contributed by atoms with Crippen molar-refractivity contribution in [3.63, 3.8) is 0 Å². The van der Waals surface area contributed by atoms with Crippen molar-refractivity contribution >= 4 is 5.97 Å². The van der Waals surface area contributed by atoms with Gasteiger partial charge in [-0.1, -0.05) is 13.8 Å². The summed E-state index contributed by atoms with van der Waals surface area (Å²) in [6.45, 7) is 7.17. The Bertz CT molecular complexity index is 426. The third kappa shape index (κ3) is 2.14. The molecule has 3 atom stereocenters. The lowest BCUT2D eigenvalue weighted by atomic mass is 9.92. The lowest BCUT2D eigenvalue weighted by Crippen LogP contribution is -2.35. The predicted molar refractivity (Wildman–Crippen MR) is 59.6 cm³/mol. The number of esters is 1. The number of fused-ring (bicyclic) bond motifs is 1. The van der Waals surface area contributed by atoms with E-state index in [1.165, 1.54) is 6.92 Å². The molecule has 2 heterocycles. The van der Waals surface area contributed by atoms with E-state index in [0.717, 1.165) is 6.42 Å². The summed E-state index contributed by atoms with van der Waals surface area (Å²) in [5, 5.41) is 0. The Morgan fingerprint density at radius 2 is 2.24 bits per heavy atom. The maximum atomic E-state index is 11.1. The van der Waals surface area contributed by atoms with Gasteiger partial charge >= 0.3 is 11.9 Å². The van der Waals surface area contributed by atoms with Crippen LogP contribution in [0, 0.1) is 12.8 Å². The minimum atomic E-state index is -0.376. The van der Waals surface area contributed by atoms with Crippen molar-refractivity contribution in [1.82, 2.24) is 4.98 Å². The quantitative estimate of drug-likeness (QED) is 0.741. The van der Waals surface area contributed by atoms with Gasteiger partial charge in [0.2, 0.25) is 0 Å². The molecule has 1 aromatic rings. The molecular weight excluding hydrogens is 222 g/mol. The van der Waals surface area contributed by atoms with Crippen LogP contribution in [-0.4, -0.2) is 17.1 Å². The second-order valence-corrected chi connectivity index (χ2v) is 4.36. The Kier molecular flexibility index (Phi) is 3.09. The Morgan fingerprint density at radius 1 is 1.53 bits per heavy atom. The minimum absolute atomic E-state index is 0.0146. The Morgan fingerprint density at radius 3 is 2.82 bits per heavy atom. The summed E-state index contributed by atoms with van der Waals surface area (Å²) in [5.74, 6) is 0.668.